The number of halogens is 1. The molecule has 2 rings (SSSR count). The highest BCUT2D eigenvalue weighted by molar-refractivity contribution is 6.22. The molecular weight excluding hydrogens is 148 g/mol. The quantitative estimate of drug-likeness (QED) is 0.557. The standard InChI is InChI=1S/C8H9ClO/c9-5-10-8-4-6-1-2-7(8)3-6/h1-2,6-8H,3-4H2/t6-,7+,8+/m0/s1. The molecule has 0 N–H and O–H groups in total. The number of hydrogen-bond acceptors (Lipinski definition) is 1. The van der Waals surface area contributed by atoms with E-state index in [1.54, 1.807) is 0 Å². The molecule has 2 radical (unpaired) electrons. The van der Waals surface area contributed by atoms with Crippen LogP contribution in [-0.2, 0) is 4.74 Å². The summed E-state index contributed by atoms with van der Waals surface area (Å²) in [7, 11) is 0. The Morgan fingerprint density at radius 3 is 2.80 bits per heavy atom. The van der Waals surface area contributed by atoms with Crippen molar-refractivity contribution in [3.8, 4) is 0 Å². The minimum absolute atomic E-state index is 0.312. The number of hydrogen-bond donors (Lipinski definition) is 0. The molecule has 0 saturated heterocycles. The molecule has 0 aromatic heterocycles. The maximum atomic E-state index is 5.22. The maximum Gasteiger partial charge on any atom is 0.237 e. The molecule has 1 nitrogen and oxygen atoms in total. The van der Waals surface area contributed by atoms with E-state index >= 15 is 0 Å². The summed E-state index contributed by atoms with van der Waals surface area (Å²) in [5.74, 6) is 1.36. The van der Waals surface area contributed by atoms with Gasteiger partial charge < -0.3 is 4.74 Å². The summed E-state index contributed by atoms with van der Waals surface area (Å²) >= 11 is 5.22. The molecule has 2 aliphatic carbocycles. The van der Waals surface area contributed by atoms with Crippen molar-refractivity contribution in [2.45, 2.75) is 18.9 Å². The van der Waals surface area contributed by atoms with Gasteiger partial charge >= 0.3 is 0 Å². The molecule has 54 valence electrons. The lowest BCUT2D eigenvalue weighted by Crippen LogP contribution is -2.15. The van der Waals surface area contributed by atoms with Crippen LogP contribution < -0.4 is 0 Å². The second kappa shape index (κ2) is 2.55. The Morgan fingerprint density at radius 1 is 1.40 bits per heavy atom. The molecule has 2 heteroatoms. The van der Waals surface area contributed by atoms with Crippen LogP contribution in [0.4, 0.5) is 0 Å². The van der Waals surface area contributed by atoms with Crippen molar-refractivity contribution in [1.82, 2.24) is 0 Å². The van der Waals surface area contributed by atoms with Gasteiger partial charge in [0.25, 0.3) is 0 Å². The molecule has 0 unspecified atom stereocenters. The maximum absolute atomic E-state index is 5.22. The van der Waals surface area contributed by atoms with Gasteiger partial charge in [-0.2, -0.15) is 0 Å². The zero-order valence-electron chi connectivity index (χ0n) is 5.59. The Morgan fingerprint density at radius 2 is 2.30 bits per heavy atom. The fourth-order valence-corrected chi connectivity index (χ4v) is 2.04. The summed E-state index contributed by atoms with van der Waals surface area (Å²) in [5.41, 5.74) is 0. The van der Waals surface area contributed by atoms with Crippen molar-refractivity contribution < 1.29 is 4.74 Å². The van der Waals surface area contributed by atoms with Crippen LogP contribution in [-0.4, -0.2) is 6.10 Å². The van der Waals surface area contributed by atoms with E-state index in [0.29, 0.717) is 12.0 Å². The lowest BCUT2D eigenvalue weighted by molar-refractivity contribution is 0.105. The van der Waals surface area contributed by atoms with Crippen LogP contribution in [0.15, 0.2) is 12.2 Å². The average Bonchev–Trinajstić information content (AvgIpc) is 2.48. The van der Waals surface area contributed by atoms with E-state index in [0.717, 1.165) is 12.3 Å². The van der Waals surface area contributed by atoms with Gasteiger partial charge in [-0.05, 0) is 18.8 Å². The first-order chi connectivity index (χ1) is 4.90. The molecule has 1 fully saturated rings. The monoisotopic (exact) mass is 156 g/mol. The molecule has 1 saturated carbocycles. The lowest BCUT2D eigenvalue weighted by atomic mass is 10.1. The second-order valence-electron chi connectivity index (χ2n) is 3.01. The van der Waals surface area contributed by atoms with Crippen LogP contribution in [0, 0.1) is 17.9 Å². The second-order valence-corrected chi connectivity index (χ2v) is 3.17. The van der Waals surface area contributed by atoms with Crippen LogP contribution in [0.25, 0.3) is 0 Å². The third-order valence-corrected chi connectivity index (χ3v) is 2.50. The Balaban J connectivity index is 1.96. The molecule has 10 heavy (non-hydrogen) atoms. The first kappa shape index (κ1) is 6.68. The van der Waals surface area contributed by atoms with E-state index in [9.17, 15) is 0 Å². The normalized spacial score (nSPS) is 43.1. The summed E-state index contributed by atoms with van der Waals surface area (Å²) in [4.78, 5) is 0. The van der Waals surface area contributed by atoms with Gasteiger partial charge in [0.15, 0.2) is 0 Å². The van der Waals surface area contributed by atoms with Gasteiger partial charge in [-0.15, -0.1) is 0 Å². The Kier molecular flexibility index (Phi) is 1.71. The Hall–Kier alpha value is -0.0100. The molecule has 0 aromatic rings. The fraction of sp³-hybridized carbons (Fsp3) is 0.625. The van der Waals surface area contributed by atoms with Crippen LogP contribution >= 0.6 is 11.6 Å². The molecule has 0 spiro atoms. The van der Waals surface area contributed by atoms with Crippen molar-refractivity contribution >= 4 is 11.6 Å². The molecule has 2 bridgehead atoms. The summed E-state index contributed by atoms with van der Waals surface area (Å²) in [5, 5.41) is 0. The zero-order valence-corrected chi connectivity index (χ0v) is 6.34. The van der Waals surface area contributed by atoms with Crippen LogP contribution in [0.5, 0.6) is 0 Å². The van der Waals surface area contributed by atoms with Gasteiger partial charge in [0.1, 0.15) is 0 Å². The van der Waals surface area contributed by atoms with Crippen LogP contribution in [0.2, 0.25) is 0 Å². The molecule has 2 aliphatic rings. The fourth-order valence-electron chi connectivity index (χ4n) is 1.92. The van der Waals surface area contributed by atoms with E-state index < -0.39 is 0 Å². The van der Waals surface area contributed by atoms with Crippen molar-refractivity contribution in [3.05, 3.63) is 18.2 Å². The zero-order chi connectivity index (χ0) is 6.97. The van der Waals surface area contributed by atoms with Crippen LogP contribution in [0.1, 0.15) is 12.8 Å². The van der Waals surface area contributed by atoms with Gasteiger partial charge in [-0.1, -0.05) is 23.8 Å². The largest absolute Gasteiger partial charge is 0.348 e. The Bertz CT molecular complexity index is 155. The topological polar surface area (TPSA) is 9.23 Å². The molecule has 0 aliphatic heterocycles. The average molecular weight is 157 g/mol. The molecule has 0 amide bonds. The van der Waals surface area contributed by atoms with Crippen molar-refractivity contribution in [3.63, 3.8) is 0 Å². The summed E-state index contributed by atoms with van der Waals surface area (Å²) in [6, 6.07) is 2.23. The smallest absolute Gasteiger partial charge is 0.237 e. The van der Waals surface area contributed by atoms with Gasteiger partial charge in [-0.3, -0.25) is 0 Å². The SMILES string of the molecule is Cl[C]O[C@@H]1C[C@H]2C=C[C@@H]1C2. The molecule has 3 atom stereocenters. The van der Waals surface area contributed by atoms with Gasteiger partial charge in [0, 0.05) is 5.92 Å². The van der Waals surface area contributed by atoms with E-state index in [2.05, 4.69) is 18.2 Å². The molecule has 0 aromatic carbocycles. The van der Waals surface area contributed by atoms with Gasteiger partial charge in [0.2, 0.25) is 6.07 Å². The van der Waals surface area contributed by atoms with Crippen molar-refractivity contribution in [2.75, 3.05) is 0 Å². The summed E-state index contributed by atoms with van der Waals surface area (Å²) in [6.45, 7) is 0. The first-order valence-electron chi connectivity index (χ1n) is 3.60. The highest BCUT2D eigenvalue weighted by Crippen LogP contribution is 2.40. The number of fused-ring (bicyclic) bond motifs is 2. The number of allylic oxidation sites excluding steroid dienone is 1. The minimum Gasteiger partial charge on any atom is -0.348 e. The molecule has 0 heterocycles. The first-order valence-corrected chi connectivity index (χ1v) is 3.97. The van der Waals surface area contributed by atoms with E-state index in [1.807, 2.05) is 0 Å². The highest BCUT2D eigenvalue weighted by atomic mass is 35.5. The number of rotatable bonds is 2. The van der Waals surface area contributed by atoms with Crippen molar-refractivity contribution in [1.29, 1.82) is 0 Å². The van der Waals surface area contributed by atoms with Gasteiger partial charge in [0.05, 0.1) is 6.10 Å². The predicted octanol–water partition coefficient (Wildman–Crippen LogP) is 2.20. The number of ether oxygens (including phenoxy) is 1. The van der Waals surface area contributed by atoms with Crippen LogP contribution in [0.3, 0.4) is 0 Å². The van der Waals surface area contributed by atoms with Gasteiger partial charge in [-0.25, -0.2) is 0 Å². The Labute approximate surface area is 66.0 Å². The summed E-state index contributed by atoms with van der Waals surface area (Å²) < 4.78 is 5.10. The third-order valence-electron chi connectivity index (χ3n) is 2.41. The predicted molar refractivity (Wildman–Crippen MR) is 39.3 cm³/mol. The van der Waals surface area contributed by atoms with E-state index in [-0.39, 0.29) is 0 Å². The van der Waals surface area contributed by atoms with Crippen molar-refractivity contribution in [2.24, 2.45) is 11.8 Å². The van der Waals surface area contributed by atoms with E-state index in [1.165, 1.54) is 6.42 Å². The lowest BCUT2D eigenvalue weighted by Gasteiger charge is -2.15. The third kappa shape index (κ3) is 0.977. The molecular formula is C8H9ClO. The highest BCUT2D eigenvalue weighted by Gasteiger charge is 2.36. The van der Waals surface area contributed by atoms with E-state index in [4.69, 9.17) is 16.3 Å². The minimum atomic E-state index is 0.312. The summed E-state index contributed by atoms with van der Waals surface area (Å²) in [6.07, 6.45) is 7.20.